The SMILES string of the molecule is CC(C)CN1CC[C@H](CNC(=O)N2CC(=O)N[C@@H]3CCCC[C@@H]32)C1. The van der Waals surface area contributed by atoms with Gasteiger partial charge in [0, 0.05) is 25.7 Å². The second-order valence-electron chi connectivity index (χ2n) is 8.15. The highest BCUT2D eigenvalue weighted by atomic mass is 16.2. The number of likely N-dealkylation sites (tertiary alicyclic amines) is 1. The average molecular weight is 336 g/mol. The Labute approximate surface area is 145 Å². The highest BCUT2D eigenvalue weighted by molar-refractivity contribution is 5.86. The van der Waals surface area contributed by atoms with E-state index in [1.807, 2.05) is 0 Å². The zero-order valence-electron chi connectivity index (χ0n) is 15.1. The van der Waals surface area contributed by atoms with Crippen LogP contribution in [-0.4, -0.2) is 66.5 Å². The number of amides is 3. The van der Waals surface area contributed by atoms with Crippen LogP contribution in [0.3, 0.4) is 0 Å². The maximum absolute atomic E-state index is 12.6. The van der Waals surface area contributed by atoms with Crippen LogP contribution in [0.2, 0.25) is 0 Å². The van der Waals surface area contributed by atoms with Crippen LogP contribution in [0.4, 0.5) is 4.79 Å². The molecular formula is C18H32N4O2. The van der Waals surface area contributed by atoms with Crippen molar-refractivity contribution in [1.29, 1.82) is 0 Å². The van der Waals surface area contributed by atoms with Crippen molar-refractivity contribution in [2.75, 3.05) is 32.7 Å². The Kier molecular flexibility index (Phi) is 5.64. The van der Waals surface area contributed by atoms with Crippen LogP contribution in [0.1, 0.15) is 46.0 Å². The molecule has 3 atom stereocenters. The molecule has 2 aliphatic heterocycles. The van der Waals surface area contributed by atoms with Gasteiger partial charge in [-0.3, -0.25) is 4.79 Å². The molecule has 3 amide bonds. The fourth-order valence-corrected chi connectivity index (χ4v) is 4.49. The zero-order valence-corrected chi connectivity index (χ0v) is 15.1. The van der Waals surface area contributed by atoms with Crippen molar-refractivity contribution in [3.63, 3.8) is 0 Å². The lowest BCUT2D eigenvalue weighted by Crippen LogP contribution is -2.64. The number of hydrogen-bond acceptors (Lipinski definition) is 3. The zero-order chi connectivity index (χ0) is 17.1. The van der Waals surface area contributed by atoms with E-state index in [1.165, 1.54) is 0 Å². The Morgan fingerprint density at radius 3 is 2.88 bits per heavy atom. The molecule has 1 aliphatic carbocycles. The minimum atomic E-state index is -0.0518. The summed E-state index contributed by atoms with van der Waals surface area (Å²) in [6, 6.07) is 0.278. The summed E-state index contributed by atoms with van der Waals surface area (Å²) in [6.07, 6.45) is 5.44. The van der Waals surface area contributed by atoms with Crippen molar-refractivity contribution in [2.45, 2.75) is 58.0 Å². The molecule has 1 saturated carbocycles. The molecule has 24 heavy (non-hydrogen) atoms. The number of hydrogen-bond donors (Lipinski definition) is 2. The molecule has 6 heteroatoms. The maximum Gasteiger partial charge on any atom is 0.318 e. The van der Waals surface area contributed by atoms with Gasteiger partial charge in [0.15, 0.2) is 0 Å². The molecule has 3 fully saturated rings. The van der Waals surface area contributed by atoms with Crippen LogP contribution in [0.5, 0.6) is 0 Å². The predicted octanol–water partition coefficient (Wildman–Crippen LogP) is 1.42. The van der Waals surface area contributed by atoms with Crippen molar-refractivity contribution >= 4 is 11.9 Å². The second kappa shape index (κ2) is 7.72. The Hall–Kier alpha value is -1.30. The second-order valence-corrected chi connectivity index (χ2v) is 8.15. The van der Waals surface area contributed by atoms with Gasteiger partial charge in [0.25, 0.3) is 0 Å². The lowest BCUT2D eigenvalue weighted by Gasteiger charge is -2.43. The number of fused-ring (bicyclic) bond motifs is 1. The number of urea groups is 1. The van der Waals surface area contributed by atoms with Gasteiger partial charge in [-0.1, -0.05) is 26.7 Å². The molecule has 0 aromatic rings. The minimum absolute atomic E-state index is 0.0164. The molecule has 0 aromatic heterocycles. The monoisotopic (exact) mass is 336 g/mol. The minimum Gasteiger partial charge on any atom is -0.350 e. The van der Waals surface area contributed by atoms with Gasteiger partial charge in [-0.25, -0.2) is 4.79 Å². The molecular weight excluding hydrogens is 304 g/mol. The quantitative estimate of drug-likeness (QED) is 0.816. The van der Waals surface area contributed by atoms with Gasteiger partial charge in [0.1, 0.15) is 6.54 Å². The summed E-state index contributed by atoms with van der Waals surface area (Å²) in [5.41, 5.74) is 0. The first-order valence-corrected chi connectivity index (χ1v) is 9.59. The highest BCUT2D eigenvalue weighted by Crippen LogP contribution is 2.26. The molecule has 0 aromatic carbocycles. The van der Waals surface area contributed by atoms with Crippen molar-refractivity contribution in [2.24, 2.45) is 11.8 Å². The third-order valence-corrected chi connectivity index (χ3v) is 5.59. The normalized spacial score (nSPS) is 31.0. The molecule has 3 aliphatic rings. The first kappa shape index (κ1) is 17.5. The van der Waals surface area contributed by atoms with Crippen molar-refractivity contribution in [3.05, 3.63) is 0 Å². The summed E-state index contributed by atoms with van der Waals surface area (Å²) < 4.78 is 0. The summed E-state index contributed by atoms with van der Waals surface area (Å²) in [7, 11) is 0. The summed E-state index contributed by atoms with van der Waals surface area (Å²) >= 11 is 0. The van der Waals surface area contributed by atoms with Crippen molar-refractivity contribution in [1.82, 2.24) is 20.4 Å². The van der Waals surface area contributed by atoms with Gasteiger partial charge in [0.05, 0.1) is 6.04 Å². The molecule has 0 spiro atoms. The Balaban J connectivity index is 1.48. The van der Waals surface area contributed by atoms with E-state index in [9.17, 15) is 9.59 Å². The van der Waals surface area contributed by atoms with Gasteiger partial charge in [0.2, 0.25) is 5.91 Å². The number of piperazine rings is 1. The van der Waals surface area contributed by atoms with E-state index in [4.69, 9.17) is 0 Å². The summed E-state index contributed by atoms with van der Waals surface area (Å²) in [5, 5.41) is 6.16. The Bertz CT molecular complexity index is 468. The average Bonchev–Trinajstić information content (AvgIpc) is 2.98. The van der Waals surface area contributed by atoms with Crippen molar-refractivity contribution in [3.8, 4) is 0 Å². The van der Waals surface area contributed by atoms with E-state index in [-0.39, 0.29) is 30.6 Å². The maximum atomic E-state index is 12.6. The van der Waals surface area contributed by atoms with E-state index < -0.39 is 0 Å². The Morgan fingerprint density at radius 1 is 1.29 bits per heavy atom. The van der Waals surface area contributed by atoms with Crippen LogP contribution in [0.25, 0.3) is 0 Å². The highest BCUT2D eigenvalue weighted by Gasteiger charge is 2.39. The smallest absolute Gasteiger partial charge is 0.318 e. The number of carbonyl (C=O) groups excluding carboxylic acids is 2. The topological polar surface area (TPSA) is 64.7 Å². The fourth-order valence-electron chi connectivity index (χ4n) is 4.49. The number of rotatable bonds is 4. The number of carbonyl (C=O) groups is 2. The molecule has 0 bridgehead atoms. The van der Waals surface area contributed by atoms with E-state index in [1.54, 1.807) is 4.90 Å². The lowest BCUT2D eigenvalue weighted by atomic mass is 9.87. The standard InChI is InChI=1S/C18H32N4O2/c1-13(2)10-21-8-7-14(11-21)9-19-18(24)22-12-17(23)20-15-5-3-4-6-16(15)22/h13-16H,3-12H2,1-2H3,(H,19,24)(H,20,23)/t14-,15-,16+/m1/s1. The van der Waals surface area contributed by atoms with Crippen LogP contribution in [0, 0.1) is 11.8 Å². The van der Waals surface area contributed by atoms with Gasteiger partial charge >= 0.3 is 6.03 Å². The van der Waals surface area contributed by atoms with E-state index in [2.05, 4.69) is 29.4 Å². The van der Waals surface area contributed by atoms with Gasteiger partial charge < -0.3 is 20.4 Å². The molecule has 0 radical (unpaired) electrons. The molecule has 6 nitrogen and oxygen atoms in total. The van der Waals surface area contributed by atoms with Gasteiger partial charge in [-0.2, -0.15) is 0 Å². The first-order chi connectivity index (χ1) is 11.5. The first-order valence-electron chi connectivity index (χ1n) is 9.59. The van der Waals surface area contributed by atoms with Crippen LogP contribution in [0.15, 0.2) is 0 Å². The molecule has 3 rings (SSSR count). The van der Waals surface area contributed by atoms with Gasteiger partial charge in [-0.05, 0) is 37.6 Å². The van der Waals surface area contributed by atoms with Crippen LogP contribution in [-0.2, 0) is 4.79 Å². The van der Waals surface area contributed by atoms with Crippen molar-refractivity contribution < 1.29 is 9.59 Å². The molecule has 2 heterocycles. The van der Waals surface area contributed by atoms with Crippen LogP contribution >= 0.6 is 0 Å². The molecule has 2 N–H and O–H groups in total. The van der Waals surface area contributed by atoms with E-state index in [0.29, 0.717) is 11.8 Å². The predicted molar refractivity (Wildman–Crippen MR) is 93.7 cm³/mol. The lowest BCUT2D eigenvalue weighted by molar-refractivity contribution is -0.126. The third kappa shape index (κ3) is 4.21. The summed E-state index contributed by atoms with van der Waals surface area (Å²) in [6.45, 7) is 8.77. The number of nitrogens with one attached hydrogen (secondary N) is 2. The van der Waals surface area contributed by atoms with E-state index in [0.717, 1.165) is 58.3 Å². The third-order valence-electron chi connectivity index (χ3n) is 5.59. The van der Waals surface area contributed by atoms with Gasteiger partial charge in [-0.15, -0.1) is 0 Å². The fraction of sp³-hybridized carbons (Fsp3) is 0.889. The number of nitrogens with zero attached hydrogens (tertiary/aromatic N) is 2. The van der Waals surface area contributed by atoms with Crippen LogP contribution < -0.4 is 10.6 Å². The summed E-state index contributed by atoms with van der Waals surface area (Å²) in [4.78, 5) is 28.8. The largest absolute Gasteiger partial charge is 0.350 e. The summed E-state index contributed by atoms with van der Waals surface area (Å²) in [5.74, 6) is 1.21. The Morgan fingerprint density at radius 2 is 2.08 bits per heavy atom. The van der Waals surface area contributed by atoms with E-state index >= 15 is 0 Å². The molecule has 2 saturated heterocycles. The molecule has 136 valence electrons. The molecule has 0 unspecified atom stereocenters.